The summed E-state index contributed by atoms with van der Waals surface area (Å²) in [5, 5.41) is 3.83. The van der Waals surface area contributed by atoms with Crippen molar-refractivity contribution in [1.82, 2.24) is 10.2 Å². The normalized spacial score (nSPS) is 13.9. The van der Waals surface area contributed by atoms with E-state index < -0.39 is 28.5 Å². The average Bonchev–Trinajstić information content (AvgIpc) is 3.60. The highest BCUT2D eigenvalue weighted by Gasteiger charge is 2.35. The van der Waals surface area contributed by atoms with E-state index in [1.807, 2.05) is 37.3 Å². The summed E-state index contributed by atoms with van der Waals surface area (Å²) in [7, 11) is -2.70. The lowest BCUT2D eigenvalue weighted by Crippen LogP contribution is -2.54. The number of anilines is 1. The number of carbonyl (C=O) groups is 2. The summed E-state index contributed by atoms with van der Waals surface area (Å²) in [5.41, 5.74) is 2.66. The predicted octanol–water partition coefficient (Wildman–Crippen LogP) is 7.20. The number of amides is 2. The number of carbonyl (C=O) groups excluding carboxylic acids is 2. The molecule has 0 aromatic heterocycles. The Hall–Kier alpha value is -4.05. The fourth-order valence-corrected chi connectivity index (χ4v) is 7.61. The largest absolute Gasteiger partial charge is 0.497 e. The van der Waals surface area contributed by atoms with E-state index in [4.69, 9.17) is 27.9 Å². The third kappa shape index (κ3) is 8.69. The number of nitrogens with zero attached hydrogens (tertiary/aromatic N) is 2. The Balaban J connectivity index is 1.58. The summed E-state index contributed by atoms with van der Waals surface area (Å²) in [5.74, 6) is -0.322. The molecule has 2 amide bonds. The second-order valence-electron chi connectivity index (χ2n) is 12.0. The fraction of sp³-hybridized carbons (Fsp3) is 0.297. The monoisotopic (exact) mass is 707 g/mol. The Kier molecular flexibility index (Phi) is 11.7. The quantitative estimate of drug-likeness (QED) is 0.159. The minimum Gasteiger partial charge on any atom is -0.497 e. The average molecular weight is 709 g/mol. The lowest BCUT2D eigenvalue weighted by Gasteiger charge is -2.34. The van der Waals surface area contributed by atoms with Gasteiger partial charge < -0.3 is 15.0 Å². The summed E-state index contributed by atoms with van der Waals surface area (Å²) < 4.78 is 34.8. The van der Waals surface area contributed by atoms with Gasteiger partial charge in [-0.1, -0.05) is 90.1 Å². The summed E-state index contributed by atoms with van der Waals surface area (Å²) >= 11 is 12.6. The van der Waals surface area contributed by atoms with Crippen LogP contribution in [0.15, 0.2) is 102 Å². The molecule has 1 aliphatic carbocycles. The molecule has 11 heteroatoms. The van der Waals surface area contributed by atoms with Crippen LogP contribution in [0.25, 0.3) is 0 Å². The number of nitrogens with one attached hydrogen (secondary N) is 1. The molecule has 5 rings (SSSR count). The SMILES string of the molecule is COc1ccc(N(CC(=O)N(Cc2ccc(Cl)c(Cl)c2)C(Cc2ccccc2)C(=O)NC2CCCC2)S(=O)(=O)c2ccc(C)cc2)cc1. The van der Waals surface area contributed by atoms with Gasteiger partial charge in [0.15, 0.2) is 0 Å². The van der Waals surface area contributed by atoms with Gasteiger partial charge in [-0.2, -0.15) is 0 Å². The smallest absolute Gasteiger partial charge is 0.264 e. The molecule has 0 aliphatic heterocycles. The zero-order valence-corrected chi connectivity index (χ0v) is 29.3. The van der Waals surface area contributed by atoms with Crippen molar-refractivity contribution in [3.8, 4) is 5.75 Å². The third-order valence-corrected chi connectivity index (χ3v) is 11.1. The maximum Gasteiger partial charge on any atom is 0.264 e. The molecular weight excluding hydrogens is 669 g/mol. The van der Waals surface area contributed by atoms with E-state index in [0.717, 1.165) is 41.1 Å². The second kappa shape index (κ2) is 15.9. The molecule has 1 aliphatic rings. The lowest BCUT2D eigenvalue weighted by atomic mass is 10.0. The predicted molar refractivity (Wildman–Crippen MR) is 190 cm³/mol. The van der Waals surface area contributed by atoms with Gasteiger partial charge in [0, 0.05) is 19.0 Å². The zero-order valence-electron chi connectivity index (χ0n) is 26.9. The van der Waals surface area contributed by atoms with Crippen LogP contribution >= 0.6 is 23.2 Å². The van der Waals surface area contributed by atoms with Crippen molar-refractivity contribution >= 4 is 50.7 Å². The second-order valence-corrected chi connectivity index (χ2v) is 14.7. The van der Waals surface area contributed by atoms with Crippen LogP contribution in [-0.2, 0) is 32.6 Å². The van der Waals surface area contributed by atoms with Crippen LogP contribution in [-0.4, -0.2) is 50.9 Å². The molecule has 0 heterocycles. The van der Waals surface area contributed by atoms with Gasteiger partial charge in [-0.25, -0.2) is 8.42 Å². The van der Waals surface area contributed by atoms with Gasteiger partial charge in [-0.15, -0.1) is 0 Å². The minimum absolute atomic E-state index is 0.00760. The Morgan fingerprint density at radius 2 is 1.54 bits per heavy atom. The molecule has 1 atom stereocenters. The van der Waals surface area contributed by atoms with Crippen molar-refractivity contribution in [1.29, 1.82) is 0 Å². The summed E-state index contributed by atoms with van der Waals surface area (Å²) in [6, 6.07) is 26.5. The molecule has 0 bridgehead atoms. The van der Waals surface area contributed by atoms with Crippen molar-refractivity contribution in [2.45, 2.75) is 62.6 Å². The van der Waals surface area contributed by atoms with Crippen molar-refractivity contribution in [2.24, 2.45) is 0 Å². The fourth-order valence-electron chi connectivity index (χ4n) is 5.87. The van der Waals surface area contributed by atoms with Crippen LogP contribution in [0.2, 0.25) is 10.0 Å². The summed E-state index contributed by atoms with van der Waals surface area (Å²) in [6.45, 7) is 1.30. The molecule has 0 radical (unpaired) electrons. The van der Waals surface area contributed by atoms with Gasteiger partial charge in [0.25, 0.3) is 10.0 Å². The number of hydrogen-bond donors (Lipinski definition) is 1. The molecule has 252 valence electrons. The van der Waals surface area contributed by atoms with Crippen molar-refractivity contribution in [2.75, 3.05) is 18.0 Å². The van der Waals surface area contributed by atoms with E-state index >= 15 is 0 Å². The van der Waals surface area contributed by atoms with Crippen molar-refractivity contribution < 1.29 is 22.7 Å². The molecule has 1 N–H and O–H groups in total. The van der Waals surface area contributed by atoms with E-state index in [9.17, 15) is 18.0 Å². The molecule has 1 saturated carbocycles. The lowest BCUT2D eigenvalue weighted by molar-refractivity contribution is -0.140. The molecule has 1 fully saturated rings. The van der Waals surface area contributed by atoms with Crippen LogP contribution in [0.1, 0.15) is 42.4 Å². The number of halogens is 2. The first-order chi connectivity index (χ1) is 23.0. The van der Waals surface area contributed by atoms with Gasteiger partial charge in [0.2, 0.25) is 11.8 Å². The van der Waals surface area contributed by atoms with Gasteiger partial charge in [0.05, 0.1) is 27.7 Å². The van der Waals surface area contributed by atoms with Crippen LogP contribution in [0.4, 0.5) is 5.69 Å². The van der Waals surface area contributed by atoms with Gasteiger partial charge in [-0.3, -0.25) is 13.9 Å². The Bertz CT molecular complexity index is 1810. The van der Waals surface area contributed by atoms with E-state index in [0.29, 0.717) is 21.4 Å². The van der Waals surface area contributed by atoms with E-state index in [1.165, 1.54) is 24.1 Å². The molecule has 4 aromatic carbocycles. The maximum atomic E-state index is 14.7. The van der Waals surface area contributed by atoms with E-state index in [1.54, 1.807) is 54.6 Å². The van der Waals surface area contributed by atoms with Crippen LogP contribution < -0.4 is 14.4 Å². The number of ether oxygens (including phenoxy) is 1. The highest BCUT2D eigenvalue weighted by molar-refractivity contribution is 7.92. The van der Waals surface area contributed by atoms with Gasteiger partial charge in [-0.05, 0) is 79.4 Å². The molecule has 1 unspecified atom stereocenters. The third-order valence-electron chi connectivity index (χ3n) is 8.56. The van der Waals surface area contributed by atoms with Crippen LogP contribution in [0, 0.1) is 6.92 Å². The highest BCUT2D eigenvalue weighted by Crippen LogP contribution is 2.29. The van der Waals surface area contributed by atoms with Crippen LogP contribution in [0.3, 0.4) is 0 Å². The molecule has 0 spiro atoms. The number of methoxy groups -OCH3 is 1. The van der Waals surface area contributed by atoms with Crippen molar-refractivity contribution in [3.05, 3.63) is 124 Å². The Labute approximate surface area is 292 Å². The number of rotatable bonds is 13. The Morgan fingerprint density at radius 1 is 0.875 bits per heavy atom. The first-order valence-corrected chi connectivity index (χ1v) is 18.1. The Morgan fingerprint density at radius 3 is 2.17 bits per heavy atom. The number of benzene rings is 4. The molecule has 0 saturated heterocycles. The number of sulfonamides is 1. The highest BCUT2D eigenvalue weighted by atomic mass is 35.5. The summed E-state index contributed by atoms with van der Waals surface area (Å²) in [4.78, 5) is 30.3. The summed E-state index contributed by atoms with van der Waals surface area (Å²) in [6.07, 6.45) is 4.00. The molecular formula is C37H39Cl2N3O5S. The van der Waals surface area contributed by atoms with Crippen molar-refractivity contribution in [3.63, 3.8) is 0 Å². The maximum absolute atomic E-state index is 14.7. The first-order valence-electron chi connectivity index (χ1n) is 15.9. The van der Waals surface area contributed by atoms with E-state index in [2.05, 4.69) is 5.32 Å². The molecule has 48 heavy (non-hydrogen) atoms. The number of hydrogen-bond acceptors (Lipinski definition) is 5. The number of aryl methyl sites for hydroxylation is 1. The van der Waals surface area contributed by atoms with E-state index in [-0.39, 0.29) is 35.5 Å². The van der Waals surface area contributed by atoms with Crippen LogP contribution in [0.5, 0.6) is 5.75 Å². The first kappa shape index (κ1) is 35.3. The van der Waals surface area contributed by atoms with Gasteiger partial charge in [0.1, 0.15) is 18.3 Å². The zero-order chi connectivity index (χ0) is 34.3. The molecule has 4 aromatic rings. The van der Waals surface area contributed by atoms with Gasteiger partial charge >= 0.3 is 0 Å². The standard InChI is InChI=1S/C37H39Cl2N3O5S/c1-26-12-19-32(20-13-26)48(45,46)42(30-15-17-31(47-2)18-16-30)25-36(43)41(24-28-14-21-33(38)34(39)22-28)35(23-27-8-4-3-5-9-27)37(44)40-29-10-6-7-11-29/h3-5,8-9,12-22,29,35H,6-7,10-11,23-25H2,1-2H3,(H,40,44). The minimum atomic E-state index is -4.22. The topological polar surface area (TPSA) is 96.0 Å². The molecule has 8 nitrogen and oxygen atoms in total.